The second-order valence-corrected chi connectivity index (χ2v) is 2.31. The van der Waals surface area contributed by atoms with E-state index in [4.69, 9.17) is 0 Å². The first-order chi connectivity index (χ1) is 6.86. The number of halogens is 5. The average molecular weight is 228 g/mol. The molecule has 4 nitrogen and oxygen atoms in total. The van der Waals surface area contributed by atoms with E-state index in [9.17, 15) is 32.1 Å². The van der Waals surface area contributed by atoms with Gasteiger partial charge in [-0.25, -0.2) is 32.1 Å². The van der Waals surface area contributed by atoms with Gasteiger partial charge in [0.15, 0.2) is 34.0 Å². The lowest BCUT2D eigenvalue weighted by molar-refractivity contribution is -0.445. The summed E-state index contributed by atoms with van der Waals surface area (Å²) in [6, 6.07) is 0. The predicted molar refractivity (Wildman–Crippen MR) is 36.8 cm³/mol. The maximum atomic E-state index is 12.7. The van der Waals surface area contributed by atoms with Gasteiger partial charge < -0.3 is 0 Å². The van der Waals surface area contributed by atoms with Gasteiger partial charge in [0.05, 0.1) is 0 Å². The summed E-state index contributed by atoms with van der Waals surface area (Å²) in [5.41, 5.74) is -0.822. The third-order valence-corrected chi connectivity index (χ3v) is 1.41. The van der Waals surface area contributed by atoms with Crippen LogP contribution in [0.5, 0.6) is 0 Å². The SMILES string of the molecule is O=[N+]([O-])Nc1c(F)c(F)c(F)c(F)c1F. The Kier molecular flexibility index (Phi) is 2.73. The summed E-state index contributed by atoms with van der Waals surface area (Å²) in [4.78, 5) is 9.80. The summed E-state index contributed by atoms with van der Waals surface area (Å²) in [5, 5.41) is 8.36. The van der Waals surface area contributed by atoms with E-state index in [2.05, 4.69) is 0 Å². The van der Waals surface area contributed by atoms with Gasteiger partial charge in [0.25, 0.3) is 0 Å². The number of hydrazine groups is 1. The minimum absolute atomic E-state index is 0.876. The zero-order valence-corrected chi connectivity index (χ0v) is 6.65. The molecule has 0 aliphatic rings. The number of nitrogens with one attached hydrogen (secondary N) is 1. The number of anilines is 1. The molecule has 1 rings (SSSR count). The smallest absolute Gasteiger partial charge is 0.200 e. The number of nitro groups is 1. The average Bonchev–Trinajstić information content (AvgIpc) is 2.18. The maximum Gasteiger partial charge on any atom is 0.200 e. The maximum absolute atomic E-state index is 12.7. The van der Waals surface area contributed by atoms with Crippen LogP contribution in [0.4, 0.5) is 27.6 Å². The quantitative estimate of drug-likeness (QED) is 0.277. The van der Waals surface area contributed by atoms with Crippen LogP contribution >= 0.6 is 0 Å². The van der Waals surface area contributed by atoms with E-state index in [0.717, 1.165) is 5.43 Å². The molecule has 15 heavy (non-hydrogen) atoms. The van der Waals surface area contributed by atoms with Crippen LogP contribution in [-0.4, -0.2) is 5.03 Å². The third-order valence-electron chi connectivity index (χ3n) is 1.41. The first-order valence-electron chi connectivity index (χ1n) is 3.28. The number of nitrogens with zero attached hydrogens (tertiary/aromatic N) is 1. The van der Waals surface area contributed by atoms with E-state index in [0.29, 0.717) is 0 Å². The first-order valence-corrected chi connectivity index (χ1v) is 3.28. The summed E-state index contributed by atoms with van der Waals surface area (Å²) >= 11 is 0. The molecule has 0 aliphatic carbocycles. The Balaban J connectivity index is 3.45. The molecule has 0 unspecified atom stereocenters. The van der Waals surface area contributed by atoms with E-state index in [1.807, 2.05) is 0 Å². The molecule has 1 N–H and O–H groups in total. The summed E-state index contributed by atoms with van der Waals surface area (Å²) in [5.74, 6) is -11.5. The molecule has 0 heterocycles. The Morgan fingerprint density at radius 2 is 1.20 bits per heavy atom. The highest BCUT2D eigenvalue weighted by molar-refractivity contribution is 5.45. The van der Waals surface area contributed by atoms with Crippen LogP contribution in [0.3, 0.4) is 0 Å². The minimum atomic E-state index is -2.38. The molecule has 0 spiro atoms. The predicted octanol–water partition coefficient (Wildman–Crippen LogP) is 1.99. The molecule has 0 amide bonds. The topological polar surface area (TPSA) is 55.2 Å². The van der Waals surface area contributed by atoms with Crippen molar-refractivity contribution in [2.45, 2.75) is 0 Å². The highest BCUT2D eigenvalue weighted by atomic mass is 19.2. The van der Waals surface area contributed by atoms with Crippen molar-refractivity contribution in [3.63, 3.8) is 0 Å². The molecular formula is C6HF5N2O2. The molecule has 0 aromatic heterocycles. The number of hydrogen-bond donors (Lipinski definition) is 1. The standard InChI is InChI=1S/C6HF5N2O2/c7-1-2(8)4(10)6(12-13(14)15)5(11)3(1)9/h12H. The Bertz CT molecular complexity index is 407. The summed E-state index contributed by atoms with van der Waals surface area (Å²) < 4.78 is 62.6. The van der Waals surface area contributed by atoms with Crippen LogP contribution in [0.15, 0.2) is 0 Å². The van der Waals surface area contributed by atoms with Crippen LogP contribution in [0.1, 0.15) is 0 Å². The van der Waals surface area contributed by atoms with Gasteiger partial charge in [0.1, 0.15) is 0 Å². The van der Waals surface area contributed by atoms with Crippen molar-refractivity contribution in [1.82, 2.24) is 0 Å². The molecule has 0 saturated heterocycles. The Morgan fingerprint density at radius 1 is 0.867 bits per heavy atom. The van der Waals surface area contributed by atoms with Gasteiger partial charge in [-0.3, -0.25) is 0 Å². The normalized spacial score (nSPS) is 10.2. The zero-order chi connectivity index (χ0) is 11.7. The van der Waals surface area contributed by atoms with Crippen molar-refractivity contribution >= 4 is 5.69 Å². The first kappa shape index (κ1) is 11.1. The van der Waals surface area contributed by atoms with Crippen molar-refractivity contribution in [2.75, 3.05) is 5.43 Å². The Hall–Kier alpha value is -1.93. The fraction of sp³-hybridized carbons (Fsp3) is 0. The molecule has 0 saturated carbocycles. The van der Waals surface area contributed by atoms with Crippen LogP contribution < -0.4 is 5.43 Å². The molecule has 0 bridgehead atoms. The summed E-state index contributed by atoms with van der Waals surface area (Å²) in [7, 11) is 0. The molecule has 1 aromatic carbocycles. The van der Waals surface area contributed by atoms with Gasteiger partial charge in [-0.05, 0) is 0 Å². The number of hydrogen-bond acceptors (Lipinski definition) is 2. The summed E-state index contributed by atoms with van der Waals surface area (Å²) in [6.07, 6.45) is 0. The van der Waals surface area contributed by atoms with Crippen LogP contribution in [0.25, 0.3) is 0 Å². The van der Waals surface area contributed by atoms with Crippen molar-refractivity contribution < 1.29 is 27.0 Å². The van der Waals surface area contributed by atoms with Crippen LogP contribution in [0.2, 0.25) is 0 Å². The van der Waals surface area contributed by atoms with Gasteiger partial charge in [-0.2, -0.15) is 0 Å². The van der Waals surface area contributed by atoms with Gasteiger partial charge in [0, 0.05) is 0 Å². The van der Waals surface area contributed by atoms with E-state index in [-0.39, 0.29) is 0 Å². The third kappa shape index (κ3) is 1.80. The highest BCUT2D eigenvalue weighted by Crippen LogP contribution is 2.26. The van der Waals surface area contributed by atoms with E-state index in [1.165, 1.54) is 0 Å². The fourth-order valence-electron chi connectivity index (χ4n) is 0.794. The monoisotopic (exact) mass is 228 g/mol. The zero-order valence-electron chi connectivity index (χ0n) is 6.65. The second kappa shape index (κ2) is 3.67. The lowest BCUT2D eigenvalue weighted by atomic mass is 10.2. The molecule has 0 atom stereocenters. The van der Waals surface area contributed by atoms with Gasteiger partial charge in [-0.15, -0.1) is 5.43 Å². The molecule has 0 fully saturated rings. The Morgan fingerprint density at radius 3 is 1.53 bits per heavy atom. The molecule has 0 aliphatic heterocycles. The van der Waals surface area contributed by atoms with Gasteiger partial charge in [0.2, 0.25) is 5.82 Å². The van der Waals surface area contributed by atoms with Crippen molar-refractivity contribution in [3.05, 3.63) is 39.2 Å². The van der Waals surface area contributed by atoms with E-state index in [1.54, 1.807) is 0 Å². The van der Waals surface area contributed by atoms with E-state index >= 15 is 0 Å². The van der Waals surface area contributed by atoms with Crippen LogP contribution in [0, 0.1) is 39.2 Å². The molecule has 9 heteroatoms. The molecule has 82 valence electrons. The Labute approximate surface area is 78.4 Å². The van der Waals surface area contributed by atoms with Crippen molar-refractivity contribution in [1.29, 1.82) is 0 Å². The van der Waals surface area contributed by atoms with Crippen LogP contribution in [-0.2, 0) is 0 Å². The molecular weight excluding hydrogens is 227 g/mol. The van der Waals surface area contributed by atoms with Gasteiger partial charge in [-0.1, -0.05) is 0 Å². The van der Waals surface area contributed by atoms with Crippen molar-refractivity contribution in [2.24, 2.45) is 0 Å². The highest BCUT2D eigenvalue weighted by Gasteiger charge is 2.27. The minimum Gasteiger partial charge on any atom is -0.235 e. The van der Waals surface area contributed by atoms with Crippen molar-refractivity contribution in [3.8, 4) is 0 Å². The second-order valence-electron chi connectivity index (χ2n) is 2.31. The number of rotatable bonds is 2. The fourth-order valence-corrected chi connectivity index (χ4v) is 0.794. The molecule has 0 radical (unpaired) electrons. The lowest BCUT2D eigenvalue weighted by Gasteiger charge is -2.04. The lowest BCUT2D eigenvalue weighted by Crippen LogP contribution is -2.14. The summed E-state index contributed by atoms with van der Waals surface area (Å²) in [6.45, 7) is 0. The number of benzene rings is 1. The van der Waals surface area contributed by atoms with Gasteiger partial charge >= 0.3 is 0 Å². The largest absolute Gasteiger partial charge is 0.235 e. The van der Waals surface area contributed by atoms with E-state index < -0.39 is 39.8 Å². The molecule has 1 aromatic rings.